The van der Waals surface area contributed by atoms with Crippen molar-refractivity contribution in [3.8, 4) is 0 Å². The molecule has 3 nitrogen and oxygen atoms in total. The van der Waals surface area contributed by atoms with Crippen LogP contribution in [0.25, 0.3) is 0 Å². The van der Waals surface area contributed by atoms with Gasteiger partial charge in [0, 0.05) is 18.2 Å². The molecule has 1 aromatic rings. The number of carbonyl (C=O) groups excluding carboxylic acids is 1. The topological polar surface area (TPSA) is 55.1 Å². The van der Waals surface area contributed by atoms with Gasteiger partial charge in [0.05, 0.1) is 0 Å². The Labute approximate surface area is 102 Å². The molecular weight excluding hydrogens is 224 g/mol. The minimum Gasteiger partial charge on any atom is -0.349 e. The fourth-order valence-corrected chi connectivity index (χ4v) is 1.57. The number of rotatable bonds is 3. The van der Waals surface area contributed by atoms with Crippen LogP contribution >= 0.6 is 12.4 Å². The fourth-order valence-electron chi connectivity index (χ4n) is 1.57. The lowest BCUT2D eigenvalue weighted by Crippen LogP contribution is -2.26. The van der Waals surface area contributed by atoms with Gasteiger partial charge in [-0.2, -0.15) is 0 Å². The maximum Gasteiger partial charge on any atom is 0.251 e. The predicted molar refractivity (Wildman–Crippen MR) is 66.6 cm³/mol. The molecule has 2 atom stereocenters. The Morgan fingerprint density at radius 2 is 2.00 bits per heavy atom. The Bertz CT molecular complexity index is 364. The summed E-state index contributed by atoms with van der Waals surface area (Å²) in [6, 6.07) is 7.82. The summed E-state index contributed by atoms with van der Waals surface area (Å²) in [4.78, 5) is 11.7. The van der Waals surface area contributed by atoms with Gasteiger partial charge in [0.15, 0.2) is 0 Å². The van der Waals surface area contributed by atoms with Crippen molar-refractivity contribution >= 4 is 18.3 Å². The third-order valence-corrected chi connectivity index (χ3v) is 2.88. The van der Waals surface area contributed by atoms with Gasteiger partial charge in [-0.15, -0.1) is 12.4 Å². The zero-order valence-corrected chi connectivity index (χ0v) is 10.1. The quantitative estimate of drug-likeness (QED) is 0.845. The van der Waals surface area contributed by atoms with Crippen LogP contribution in [-0.2, 0) is 6.54 Å². The van der Waals surface area contributed by atoms with E-state index in [9.17, 15) is 4.79 Å². The normalized spacial score (nSPS) is 22.1. The Kier molecular flexibility index (Phi) is 4.33. The van der Waals surface area contributed by atoms with E-state index in [2.05, 4.69) is 12.2 Å². The molecule has 88 valence electrons. The van der Waals surface area contributed by atoms with E-state index in [4.69, 9.17) is 5.73 Å². The molecule has 0 bridgehead atoms. The molecule has 1 saturated carbocycles. The van der Waals surface area contributed by atoms with Crippen LogP contribution in [0.3, 0.4) is 0 Å². The second-order valence-corrected chi connectivity index (χ2v) is 4.19. The van der Waals surface area contributed by atoms with E-state index in [0.717, 1.165) is 12.0 Å². The highest BCUT2D eigenvalue weighted by molar-refractivity contribution is 5.94. The smallest absolute Gasteiger partial charge is 0.251 e. The van der Waals surface area contributed by atoms with Crippen molar-refractivity contribution in [3.63, 3.8) is 0 Å². The maximum atomic E-state index is 11.7. The lowest BCUT2D eigenvalue weighted by molar-refractivity contribution is 0.0949. The maximum absolute atomic E-state index is 11.7. The summed E-state index contributed by atoms with van der Waals surface area (Å²) in [5.41, 5.74) is 7.25. The zero-order valence-electron chi connectivity index (χ0n) is 9.27. The fraction of sp³-hybridized carbons (Fsp3) is 0.417. The van der Waals surface area contributed by atoms with Gasteiger partial charge in [0.25, 0.3) is 5.91 Å². The third kappa shape index (κ3) is 2.97. The van der Waals surface area contributed by atoms with Gasteiger partial charge in [0.1, 0.15) is 0 Å². The highest BCUT2D eigenvalue weighted by Crippen LogP contribution is 2.29. The van der Waals surface area contributed by atoms with Crippen molar-refractivity contribution in [3.05, 3.63) is 35.4 Å². The minimum absolute atomic E-state index is 0. The van der Waals surface area contributed by atoms with Gasteiger partial charge in [-0.25, -0.2) is 0 Å². The van der Waals surface area contributed by atoms with Crippen LogP contribution in [0.15, 0.2) is 24.3 Å². The van der Waals surface area contributed by atoms with E-state index in [1.807, 2.05) is 24.3 Å². The van der Waals surface area contributed by atoms with Gasteiger partial charge in [-0.05, 0) is 30.0 Å². The zero-order chi connectivity index (χ0) is 10.8. The minimum atomic E-state index is 0. The summed E-state index contributed by atoms with van der Waals surface area (Å²) in [6.45, 7) is 2.66. The molecule has 0 aliphatic heterocycles. The molecule has 1 amide bonds. The van der Waals surface area contributed by atoms with Gasteiger partial charge in [-0.1, -0.05) is 19.1 Å². The van der Waals surface area contributed by atoms with Crippen LogP contribution in [0, 0.1) is 5.92 Å². The summed E-state index contributed by atoms with van der Waals surface area (Å²) in [6.07, 6.45) is 1.10. The summed E-state index contributed by atoms with van der Waals surface area (Å²) < 4.78 is 0. The SMILES string of the molecule is CC1CC1NC(=O)c1ccc(CN)cc1.Cl. The molecule has 2 rings (SSSR count). The molecule has 0 heterocycles. The van der Waals surface area contributed by atoms with Crippen LogP contribution in [0.1, 0.15) is 29.3 Å². The first-order chi connectivity index (χ1) is 7.20. The van der Waals surface area contributed by atoms with Crippen LogP contribution < -0.4 is 11.1 Å². The molecule has 0 saturated heterocycles. The van der Waals surface area contributed by atoms with E-state index in [-0.39, 0.29) is 18.3 Å². The summed E-state index contributed by atoms with van der Waals surface area (Å²) in [5, 5.41) is 2.99. The molecule has 0 spiro atoms. The number of nitrogens with one attached hydrogen (secondary N) is 1. The van der Waals surface area contributed by atoms with Crippen molar-refractivity contribution in [2.24, 2.45) is 11.7 Å². The highest BCUT2D eigenvalue weighted by Gasteiger charge is 2.33. The van der Waals surface area contributed by atoms with E-state index in [1.54, 1.807) is 0 Å². The molecule has 1 fully saturated rings. The average molecular weight is 241 g/mol. The molecule has 2 unspecified atom stereocenters. The number of amides is 1. The summed E-state index contributed by atoms with van der Waals surface area (Å²) >= 11 is 0. The van der Waals surface area contributed by atoms with Gasteiger partial charge >= 0.3 is 0 Å². The Morgan fingerprint density at radius 3 is 2.44 bits per heavy atom. The molecule has 0 aromatic heterocycles. The van der Waals surface area contributed by atoms with E-state index in [1.165, 1.54) is 0 Å². The summed E-state index contributed by atoms with van der Waals surface area (Å²) in [7, 11) is 0. The molecule has 0 radical (unpaired) electrons. The van der Waals surface area contributed by atoms with Crippen molar-refractivity contribution in [2.45, 2.75) is 25.9 Å². The van der Waals surface area contributed by atoms with E-state index in [0.29, 0.717) is 24.1 Å². The number of halogens is 1. The number of hydrogen-bond acceptors (Lipinski definition) is 2. The monoisotopic (exact) mass is 240 g/mol. The van der Waals surface area contributed by atoms with Crippen LogP contribution in [0.5, 0.6) is 0 Å². The number of nitrogens with two attached hydrogens (primary N) is 1. The predicted octanol–water partition coefficient (Wildman–Crippen LogP) is 1.71. The second kappa shape index (κ2) is 5.32. The van der Waals surface area contributed by atoms with E-state index < -0.39 is 0 Å². The largest absolute Gasteiger partial charge is 0.349 e. The van der Waals surface area contributed by atoms with Crippen LogP contribution in [0.4, 0.5) is 0 Å². The average Bonchev–Trinajstić information content (AvgIpc) is 2.94. The summed E-state index contributed by atoms with van der Waals surface area (Å²) in [5.74, 6) is 0.658. The highest BCUT2D eigenvalue weighted by atomic mass is 35.5. The van der Waals surface area contributed by atoms with Crippen LogP contribution in [-0.4, -0.2) is 11.9 Å². The van der Waals surface area contributed by atoms with Gasteiger partial charge in [-0.3, -0.25) is 4.79 Å². The Morgan fingerprint density at radius 1 is 1.44 bits per heavy atom. The number of hydrogen-bond donors (Lipinski definition) is 2. The second-order valence-electron chi connectivity index (χ2n) is 4.19. The molecule has 3 N–H and O–H groups in total. The molecule has 16 heavy (non-hydrogen) atoms. The van der Waals surface area contributed by atoms with Gasteiger partial charge in [0.2, 0.25) is 0 Å². The first kappa shape index (κ1) is 13.0. The molecule has 1 aliphatic rings. The standard InChI is InChI=1S/C12H16N2O.ClH/c1-8-6-11(8)14-12(15)10-4-2-9(7-13)3-5-10;/h2-5,8,11H,6-7,13H2,1H3,(H,14,15);1H. The molecule has 1 aromatic carbocycles. The lowest BCUT2D eigenvalue weighted by atomic mass is 10.1. The Hall–Kier alpha value is -1.06. The van der Waals surface area contributed by atoms with Crippen molar-refractivity contribution in [1.29, 1.82) is 0 Å². The van der Waals surface area contributed by atoms with Crippen molar-refractivity contribution < 1.29 is 4.79 Å². The molecule has 1 aliphatic carbocycles. The van der Waals surface area contributed by atoms with Gasteiger partial charge < -0.3 is 11.1 Å². The lowest BCUT2D eigenvalue weighted by Gasteiger charge is -2.04. The van der Waals surface area contributed by atoms with E-state index >= 15 is 0 Å². The number of benzene rings is 1. The van der Waals surface area contributed by atoms with Crippen molar-refractivity contribution in [2.75, 3.05) is 0 Å². The van der Waals surface area contributed by atoms with Crippen LogP contribution in [0.2, 0.25) is 0 Å². The first-order valence-electron chi connectivity index (χ1n) is 5.30. The first-order valence-corrected chi connectivity index (χ1v) is 5.30. The number of carbonyl (C=O) groups is 1. The van der Waals surface area contributed by atoms with Crippen molar-refractivity contribution in [1.82, 2.24) is 5.32 Å². The Balaban J connectivity index is 0.00000128. The molecular formula is C12H17ClN2O. The third-order valence-electron chi connectivity index (χ3n) is 2.88. The molecule has 4 heteroatoms.